The van der Waals surface area contributed by atoms with E-state index in [1.54, 1.807) is 25.3 Å². The lowest BCUT2D eigenvalue weighted by atomic mass is 10.2. The molecule has 118 valence electrons. The summed E-state index contributed by atoms with van der Waals surface area (Å²) in [6.07, 6.45) is 2.72. The summed E-state index contributed by atoms with van der Waals surface area (Å²) in [6.45, 7) is 0. The van der Waals surface area contributed by atoms with Gasteiger partial charge in [-0.15, -0.1) is 0 Å². The van der Waals surface area contributed by atoms with E-state index in [0.29, 0.717) is 22.8 Å². The van der Waals surface area contributed by atoms with Crippen LogP contribution in [0.5, 0.6) is 11.5 Å². The van der Waals surface area contributed by atoms with E-state index in [4.69, 9.17) is 9.47 Å². The van der Waals surface area contributed by atoms with Crippen LogP contribution >= 0.6 is 0 Å². The molecule has 0 aliphatic rings. The van der Waals surface area contributed by atoms with Crippen LogP contribution in [0.15, 0.2) is 42.7 Å². The van der Waals surface area contributed by atoms with Gasteiger partial charge in [-0.25, -0.2) is 9.37 Å². The summed E-state index contributed by atoms with van der Waals surface area (Å²) >= 11 is 0. The summed E-state index contributed by atoms with van der Waals surface area (Å²) in [7, 11) is 3.04. The van der Waals surface area contributed by atoms with Crippen LogP contribution in [-0.4, -0.2) is 29.5 Å². The van der Waals surface area contributed by atoms with Gasteiger partial charge >= 0.3 is 0 Å². The third-order valence-corrected chi connectivity index (χ3v) is 3.30. The molecule has 7 heteroatoms. The maximum Gasteiger partial charge on any atom is 0.275 e. The molecule has 1 aromatic carbocycles. The molecule has 0 unspecified atom stereocenters. The van der Waals surface area contributed by atoms with Crippen molar-refractivity contribution in [3.8, 4) is 11.5 Å². The van der Waals surface area contributed by atoms with Crippen LogP contribution < -0.4 is 14.8 Å². The predicted octanol–water partition coefficient (Wildman–Crippen LogP) is 2.74. The van der Waals surface area contributed by atoms with Crippen LogP contribution in [0, 0.1) is 5.82 Å². The molecule has 0 atom stereocenters. The van der Waals surface area contributed by atoms with E-state index in [9.17, 15) is 9.18 Å². The van der Waals surface area contributed by atoms with Crippen molar-refractivity contribution in [2.45, 2.75) is 0 Å². The number of methoxy groups -OCH3 is 2. The maximum atomic E-state index is 13.2. The number of hydrogen-bond acceptors (Lipinski definition) is 4. The second-order valence-electron chi connectivity index (χ2n) is 4.76. The Morgan fingerprint density at radius 3 is 2.74 bits per heavy atom. The summed E-state index contributed by atoms with van der Waals surface area (Å²) in [5.74, 6) is 0.256. The highest BCUT2D eigenvalue weighted by Gasteiger charge is 2.14. The number of imidazole rings is 1. The van der Waals surface area contributed by atoms with Crippen molar-refractivity contribution in [1.82, 2.24) is 9.38 Å². The monoisotopic (exact) mass is 315 g/mol. The minimum Gasteiger partial charge on any atom is -0.497 e. The van der Waals surface area contributed by atoms with Crippen molar-refractivity contribution in [2.75, 3.05) is 19.5 Å². The van der Waals surface area contributed by atoms with E-state index in [0.717, 1.165) is 0 Å². The van der Waals surface area contributed by atoms with Gasteiger partial charge in [0.1, 0.15) is 28.7 Å². The van der Waals surface area contributed by atoms with E-state index in [1.807, 2.05) is 0 Å². The van der Waals surface area contributed by atoms with Crippen molar-refractivity contribution in [3.05, 3.63) is 54.2 Å². The first-order chi connectivity index (χ1) is 11.1. The Morgan fingerprint density at radius 2 is 2.00 bits per heavy atom. The number of hydrogen-bond donors (Lipinski definition) is 1. The Balaban J connectivity index is 1.88. The molecule has 0 aliphatic heterocycles. The van der Waals surface area contributed by atoms with Crippen LogP contribution in [0.4, 0.5) is 10.1 Å². The molecule has 2 aromatic heterocycles. The Hall–Kier alpha value is -3.09. The molecule has 0 saturated heterocycles. The summed E-state index contributed by atoms with van der Waals surface area (Å²) in [6, 6.07) is 7.83. The number of halogens is 1. The van der Waals surface area contributed by atoms with Gasteiger partial charge in [-0.3, -0.25) is 4.79 Å². The third kappa shape index (κ3) is 2.94. The van der Waals surface area contributed by atoms with Gasteiger partial charge in [-0.1, -0.05) is 0 Å². The van der Waals surface area contributed by atoms with Crippen LogP contribution in [-0.2, 0) is 0 Å². The summed E-state index contributed by atoms with van der Waals surface area (Å²) in [4.78, 5) is 16.5. The molecule has 0 fully saturated rings. The van der Waals surface area contributed by atoms with Gasteiger partial charge in [0.25, 0.3) is 5.91 Å². The number of nitrogens with one attached hydrogen (secondary N) is 1. The smallest absolute Gasteiger partial charge is 0.275 e. The van der Waals surface area contributed by atoms with E-state index in [2.05, 4.69) is 10.3 Å². The topological polar surface area (TPSA) is 64.9 Å². The molecule has 2 heterocycles. The summed E-state index contributed by atoms with van der Waals surface area (Å²) in [5.41, 5.74) is 1.15. The number of aromatic nitrogens is 2. The largest absolute Gasteiger partial charge is 0.497 e. The number of amides is 1. The van der Waals surface area contributed by atoms with Crippen LogP contribution in [0.3, 0.4) is 0 Å². The average molecular weight is 315 g/mol. The SMILES string of the molecule is COc1ccc(NC(=O)c2cn3cc(F)ccc3n2)c(OC)c1. The molecular weight excluding hydrogens is 301 g/mol. The number of pyridine rings is 1. The van der Waals surface area contributed by atoms with Crippen molar-refractivity contribution in [2.24, 2.45) is 0 Å². The van der Waals surface area contributed by atoms with E-state index < -0.39 is 11.7 Å². The molecule has 0 saturated carbocycles. The molecule has 0 bridgehead atoms. The average Bonchev–Trinajstić information content (AvgIpc) is 2.98. The lowest BCUT2D eigenvalue weighted by Crippen LogP contribution is -2.13. The van der Waals surface area contributed by atoms with E-state index in [1.165, 1.54) is 36.0 Å². The number of fused-ring (bicyclic) bond motifs is 1. The first-order valence-electron chi connectivity index (χ1n) is 6.78. The first-order valence-corrected chi connectivity index (χ1v) is 6.78. The summed E-state index contributed by atoms with van der Waals surface area (Å²) in [5, 5.41) is 2.72. The fourth-order valence-corrected chi connectivity index (χ4v) is 2.16. The maximum absolute atomic E-state index is 13.2. The van der Waals surface area contributed by atoms with Crippen molar-refractivity contribution >= 4 is 17.2 Å². The highest BCUT2D eigenvalue weighted by molar-refractivity contribution is 6.04. The van der Waals surface area contributed by atoms with Gasteiger partial charge in [0.15, 0.2) is 0 Å². The lowest BCUT2D eigenvalue weighted by Gasteiger charge is -2.10. The number of ether oxygens (including phenoxy) is 2. The predicted molar refractivity (Wildman–Crippen MR) is 82.6 cm³/mol. The van der Waals surface area contributed by atoms with Crippen LogP contribution in [0.2, 0.25) is 0 Å². The lowest BCUT2D eigenvalue weighted by molar-refractivity contribution is 0.102. The first kappa shape index (κ1) is 14.8. The normalized spacial score (nSPS) is 10.6. The highest BCUT2D eigenvalue weighted by Crippen LogP contribution is 2.29. The molecule has 3 aromatic rings. The van der Waals surface area contributed by atoms with Crippen LogP contribution in [0.25, 0.3) is 5.65 Å². The Morgan fingerprint density at radius 1 is 1.17 bits per heavy atom. The minimum atomic E-state index is -0.419. The number of carbonyl (C=O) groups excluding carboxylic acids is 1. The molecule has 0 spiro atoms. The fraction of sp³-hybridized carbons (Fsp3) is 0.125. The molecule has 1 amide bonds. The quantitative estimate of drug-likeness (QED) is 0.804. The Bertz CT molecular complexity index is 876. The highest BCUT2D eigenvalue weighted by atomic mass is 19.1. The number of nitrogens with zero attached hydrogens (tertiary/aromatic N) is 2. The van der Waals surface area contributed by atoms with Gasteiger partial charge in [-0.05, 0) is 24.3 Å². The van der Waals surface area contributed by atoms with Gasteiger partial charge < -0.3 is 19.2 Å². The minimum absolute atomic E-state index is 0.175. The Kier molecular flexibility index (Phi) is 3.84. The van der Waals surface area contributed by atoms with Crippen LogP contribution in [0.1, 0.15) is 10.5 Å². The van der Waals surface area contributed by atoms with E-state index in [-0.39, 0.29) is 5.69 Å². The van der Waals surface area contributed by atoms with Gasteiger partial charge in [0.05, 0.1) is 19.9 Å². The van der Waals surface area contributed by atoms with E-state index >= 15 is 0 Å². The standard InChI is InChI=1S/C16H14FN3O3/c1-22-11-4-5-12(14(7-11)23-2)19-16(21)13-9-20-8-10(17)3-6-15(20)18-13/h3-9H,1-2H3,(H,19,21). The number of rotatable bonds is 4. The molecule has 0 aliphatic carbocycles. The molecule has 6 nitrogen and oxygen atoms in total. The molecule has 1 N–H and O–H groups in total. The zero-order chi connectivity index (χ0) is 16.4. The van der Waals surface area contributed by atoms with Gasteiger partial charge in [0, 0.05) is 18.5 Å². The zero-order valence-electron chi connectivity index (χ0n) is 12.5. The fourth-order valence-electron chi connectivity index (χ4n) is 2.16. The third-order valence-electron chi connectivity index (χ3n) is 3.30. The second-order valence-corrected chi connectivity index (χ2v) is 4.76. The van der Waals surface area contributed by atoms with Gasteiger partial charge in [0.2, 0.25) is 0 Å². The number of anilines is 1. The summed E-state index contributed by atoms with van der Waals surface area (Å²) < 4.78 is 25.0. The number of carbonyl (C=O) groups is 1. The molecule has 23 heavy (non-hydrogen) atoms. The molecule has 3 rings (SSSR count). The Labute approximate surface area is 131 Å². The molecular formula is C16H14FN3O3. The van der Waals surface area contributed by atoms with Crippen molar-refractivity contribution in [1.29, 1.82) is 0 Å². The number of benzene rings is 1. The molecule has 0 radical (unpaired) electrons. The van der Waals surface area contributed by atoms with Crippen molar-refractivity contribution < 1.29 is 18.7 Å². The second kappa shape index (κ2) is 5.96. The zero-order valence-corrected chi connectivity index (χ0v) is 12.5. The van der Waals surface area contributed by atoms with Crippen molar-refractivity contribution in [3.63, 3.8) is 0 Å². The van der Waals surface area contributed by atoms with Gasteiger partial charge in [-0.2, -0.15) is 0 Å².